The van der Waals surface area contributed by atoms with Crippen molar-refractivity contribution in [2.45, 2.75) is 13.5 Å². The summed E-state index contributed by atoms with van der Waals surface area (Å²) in [6.45, 7) is 1.49. The van der Waals surface area contributed by atoms with Crippen LogP contribution in [-0.4, -0.2) is 10.7 Å². The van der Waals surface area contributed by atoms with Crippen molar-refractivity contribution in [2.24, 2.45) is 0 Å². The van der Waals surface area contributed by atoms with Crippen LogP contribution in [0.15, 0.2) is 42.5 Å². The molecule has 0 aliphatic carbocycles. The maximum absolute atomic E-state index is 11.4. The Hall–Kier alpha value is -2.40. The van der Waals surface area contributed by atoms with E-state index in [1.54, 1.807) is 0 Å². The number of nitro groups is 1. The Bertz CT molecular complexity index is 686. The normalized spacial score (nSPS) is 10.2. The van der Waals surface area contributed by atoms with Crippen LogP contribution in [0.4, 0.5) is 5.69 Å². The molecule has 6 heteroatoms. The average Bonchev–Trinajstić information content (AvgIpc) is 2.46. The Labute approximate surface area is 126 Å². The summed E-state index contributed by atoms with van der Waals surface area (Å²) in [5, 5.41) is 11.2. The number of hydrogen-bond acceptors (Lipinski definition) is 4. The van der Waals surface area contributed by atoms with Crippen LogP contribution in [0.1, 0.15) is 22.8 Å². The fourth-order valence-corrected chi connectivity index (χ4v) is 2.04. The lowest BCUT2D eigenvalue weighted by atomic mass is 10.1. The van der Waals surface area contributed by atoms with Gasteiger partial charge in [-0.05, 0) is 18.6 Å². The summed E-state index contributed by atoms with van der Waals surface area (Å²) in [6, 6.07) is 11.8. The predicted molar refractivity (Wildman–Crippen MR) is 78.9 cm³/mol. The van der Waals surface area contributed by atoms with Crippen molar-refractivity contribution in [1.82, 2.24) is 0 Å². The molecule has 0 radical (unpaired) electrons. The number of nitrogens with zero attached hydrogens (tertiary/aromatic N) is 1. The van der Waals surface area contributed by atoms with E-state index in [4.69, 9.17) is 16.3 Å². The van der Waals surface area contributed by atoms with Gasteiger partial charge in [0.25, 0.3) is 5.69 Å². The Kier molecular flexibility index (Phi) is 4.55. The lowest BCUT2D eigenvalue weighted by molar-refractivity contribution is -0.385. The molecule has 0 spiro atoms. The van der Waals surface area contributed by atoms with Gasteiger partial charge in [-0.3, -0.25) is 14.9 Å². The Morgan fingerprint density at radius 3 is 2.52 bits per heavy atom. The third kappa shape index (κ3) is 3.58. The highest BCUT2D eigenvalue weighted by molar-refractivity contribution is 6.32. The van der Waals surface area contributed by atoms with Gasteiger partial charge in [-0.2, -0.15) is 0 Å². The number of hydrogen-bond donors (Lipinski definition) is 0. The van der Waals surface area contributed by atoms with E-state index in [0.717, 1.165) is 5.56 Å². The molecule has 0 saturated carbocycles. The molecule has 2 rings (SSSR count). The lowest BCUT2D eigenvalue weighted by Gasteiger charge is -2.09. The summed E-state index contributed by atoms with van der Waals surface area (Å²) in [6.07, 6.45) is 0. The minimum Gasteiger partial charge on any atom is -0.487 e. The number of halogens is 1. The summed E-state index contributed by atoms with van der Waals surface area (Å²) < 4.78 is 5.50. The summed E-state index contributed by atoms with van der Waals surface area (Å²) in [7, 11) is 0. The number of rotatable bonds is 5. The third-order valence-corrected chi connectivity index (χ3v) is 3.16. The lowest BCUT2D eigenvalue weighted by Crippen LogP contribution is -2.02. The number of ether oxygens (including phenoxy) is 1. The van der Waals surface area contributed by atoms with Crippen molar-refractivity contribution in [3.05, 3.63) is 68.7 Å². The molecule has 0 aliphatic rings. The van der Waals surface area contributed by atoms with E-state index in [2.05, 4.69) is 0 Å². The van der Waals surface area contributed by atoms with E-state index in [1.807, 2.05) is 30.3 Å². The third-order valence-electron chi connectivity index (χ3n) is 2.86. The van der Waals surface area contributed by atoms with Crippen LogP contribution in [0, 0.1) is 10.1 Å². The fraction of sp³-hybridized carbons (Fsp3) is 0.133. The standard InChI is InChI=1S/C15H12ClNO4/c1-10(18)12-7-13(16)15(8-14(12)17(19)20)21-9-11-5-3-2-4-6-11/h2-8H,9H2,1H3. The van der Waals surface area contributed by atoms with Crippen molar-refractivity contribution < 1.29 is 14.5 Å². The van der Waals surface area contributed by atoms with Crippen LogP contribution in [0.3, 0.4) is 0 Å². The predicted octanol–water partition coefficient (Wildman–Crippen LogP) is 4.03. The molecule has 0 aromatic heterocycles. The van der Waals surface area contributed by atoms with Crippen molar-refractivity contribution in [1.29, 1.82) is 0 Å². The zero-order valence-corrected chi connectivity index (χ0v) is 12.0. The largest absolute Gasteiger partial charge is 0.487 e. The van der Waals surface area contributed by atoms with E-state index in [-0.39, 0.29) is 28.6 Å². The van der Waals surface area contributed by atoms with Crippen LogP contribution >= 0.6 is 11.6 Å². The first-order valence-corrected chi connectivity index (χ1v) is 6.52. The molecular weight excluding hydrogens is 294 g/mol. The molecule has 0 atom stereocenters. The quantitative estimate of drug-likeness (QED) is 0.475. The number of ketones is 1. The number of benzene rings is 2. The topological polar surface area (TPSA) is 69.4 Å². The molecule has 0 unspecified atom stereocenters. The van der Waals surface area contributed by atoms with Gasteiger partial charge in [0, 0.05) is 0 Å². The summed E-state index contributed by atoms with van der Waals surface area (Å²) in [5.41, 5.74) is 0.568. The van der Waals surface area contributed by atoms with Crippen LogP contribution in [0.2, 0.25) is 5.02 Å². The van der Waals surface area contributed by atoms with Gasteiger partial charge in [-0.1, -0.05) is 41.9 Å². The summed E-state index contributed by atoms with van der Waals surface area (Å²) in [4.78, 5) is 21.8. The Balaban J connectivity index is 2.30. The Morgan fingerprint density at radius 2 is 1.95 bits per heavy atom. The first-order chi connectivity index (χ1) is 9.99. The molecule has 0 bridgehead atoms. The smallest absolute Gasteiger partial charge is 0.283 e. The van der Waals surface area contributed by atoms with Crippen molar-refractivity contribution in [3.8, 4) is 5.75 Å². The first-order valence-electron chi connectivity index (χ1n) is 6.14. The summed E-state index contributed by atoms with van der Waals surface area (Å²) in [5.74, 6) is -0.240. The van der Waals surface area contributed by atoms with Gasteiger partial charge in [-0.15, -0.1) is 0 Å². The van der Waals surface area contributed by atoms with Gasteiger partial charge in [0.15, 0.2) is 5.78 Å². The second-order valence-electron chi connectivity index (χ2n) is 4.39. The SMILES string of the molecule is CC(=O)c1cc(Cl)c(OCc2ccccc2)cc1[N+](=O)[O-]. The minimum absolute atomic E-state index is 0.0305. The molecule has 0 N–H and O–H groups in total. The van der Waals surface area contributed by atoms with Crippen LogP contribution < -0.4 is 4.74 Å². The van der Waals surface area contributed by atoms with Gasteiger partial charge in [-0.25, -0.2) is 0 Å². The van der Waals surface area contributed by atoms with E-state index < -0.39 is 10.7 Å². The molecule has 0 fully saturated rings. The fourth-order valence-electron chi connectivity index (χ4n) is 1.82. The number of carbonyl (C=O) groups excluding carboxylic acids is 1. The van der Waals surface area contributed by atoms with Gasteiger partial charge in [0.05, 0.1) is 21.6 Å². The second kappa shape index (κ2) is 6.37. The summed E-state index contributed by atoms with van der Waals surface area (Å²) >= 11 is 6.02. The molecular formula is C15H12ClNO4. The van der Waals surface area contributed by atoms with E-state index in [9.17, 15) is 14.9 Å². The van der Waals surface area contributed by atoms with E-state index >= 15 is 0 Å². The first kappa shape index (κ1) is 15.0. The van der Waals surface area contributed by atoms with Crippen LogP contribution in [-0.2, 0) is 6.61 Å². The van der Waals surface area contributed by atoms with Crippen LogP contribution in [0.25, 0.3) is 0 Å². The maximum atomic E-state index is 11.4. The highest BCUT2D eigenvalue weighted by Gasteiger charge is 2.21. The van der Waals surface area contributed by atoms with Crippen molar-refractivity contribution in [2.75, 3.05) is 0 Å². The van der Waals surface area contributed by atoms with Crippen molar-refractivity contribution >= 4 is 23.1 Å². The maximum Gasteiger partial charge on any atom is 0.283 e. The van der Waals surface area contributed by atoms with Gasteiger partial charge >= 0.3 is 0 Å². The Morgan fingerprint density at radius 1 is 1.29 bits per heavy atom. The molecule has 2 aromatic carbocycles. The molecule has 0 amide bonds. The highest BCUT2D eigenvalue weighted by Crippen LogP contribution is 2.33. The molecule has 0 aliphatic heterocycles. The zero-order valence-electron chi connectivity index (χ0n) is 11.2. The van der Waals surface area contributed by atoms with E-state index in [1.165, 1.54) is 19.1 Å². The molecule has 2 aromatic rings. The van der Waals surface area contributed by atoms with Gasteiger partial charge in [0.2, 0.25) is 0 Å². The highest BCUT2D eigenvalue weighted by atomic mass is 35.5. The molecule has 0 saturated heterocycles. The van der Waals surface area contributed by atoms with Crippen LogP contribution in [0.5, 0.6) is 5.75 Å². The average molecular weight is 306 g/mol. The zero-order chi connectivity index (χ0) is 15.4. The second-order valence-corrected chi connectivity index (χ2v) is 4.79. The number of nitro benzene ring substituents is 1. The molecule has 0 heterocycles. The monoisotopic (exact) mass is 305 g/mol. The molecule has 21 heavy (non-hydrogen) atoms. The number of carbonyl (C=O) groups is 1. The van der Waals surface area contributed by atoms with Gasteiger partial charge < -0.3 is 4.74 Å². The minimum atomic E-state index is -0.623. The van der Waals surface area contributed by atoms with Gasteiger partial charge in [0.1, 0.15) is 12.4 Å². The molecule has 108 valence electrons. The molecule has 5 nitrogen and oxygen atoms in total. The number of Topliss-reactive ketones (excluding diaryl/α,β-unsaturated/α-hetero) is 1. The van der Waals surface area contributed by atoms with Crippen molar-refractivity contribution in [3.63, 3.8) is 0 Å². The van der Waals surface area contributed by atoms with E-state index in [0.29, 0.717) is 0 Å².